The van der Waals surface area contributed by atoms with Gasteiger partial charge in [0, 0.05) is 6.20 Å². The average molecular weight is 284 g/mol. The standard InChI is InChI=1S/C16H16N2OS/c17-16(20)13-8-9-18-10-15(13)19-14-7-3-5-11-4-1-2-6-12(11)14/h1-2,4,6,8-10,14H,3,5,7H2,(H2,17,20). The van der Waals surface area contributed by atoms with Gasteiger partial charge in [-0.3, -0.25) is 4.98 Å². The molecule has 3 nitrogen and oxygen atoms in total. The monoisotopic (exact) mass is 284 g/mol. The molecule has 102 valence electrons. The topological polar surface area (TPSA) is 48.1 Å². The van der Waals surface area contributed by atoms with Crippen molar-refractivity contribution >= 4 is 17.2 Å². The van der Waals surface area contributed by atoms with Crippen molar-refractivity contribution in [1.29, 1.82) is 0 Å². The first-order chi connectivity index (χ1) is 9.75. The highest BCUT2D eigenvalue weighted by molar-refractivity contribution is 7.80. The Hall–Kier alpha value is -1.94. The number of rotatable bonds is 3. The molecular weight excluding hydrogens is 268 g/mol. The number of hydrogen-bond donors (Lipinski definition) is 1. The van der Waals surface area contributed by atoms with E-state index in [2.05, 4.69) is 29.2 Å². The van der Waals surface area contributed by atoms with E-state index in [0.29, 0.717) is 10.7 Å². The lowest BCUT2D eigenvalue weighted by Crippen LogP contribution is -2.18. The van der Waals surface area contributed by atoms with Crippen LogP contribution in [0.3, 0.4) is 0 Å². The molecule has 1 heterocycles. The van der Waals surface area contributed by atoms with Crippen LogP contribution in [0.15, 0.2) is 42.7 Å². The second-order valence-corrected chi connectivity index (χ2v) is 5.37. The fraction of sp³-hybridized carbons (Fsp3) is 0.250. The lowest BCUT2D eigenvalue weighted by molar-refractivity contribution is 0.182. The third kappa shape index (κ3) is 2.51. The van der Waals surface area contributed by atoms with E-state index >= 15 is 0 Å². The first-order valence-corrected chi connectivity index (χ1v) is 7.15. The number of pyridine rings is 1. The average Bonchev–Trinajstić information content (AvgIpc) is 2.48. The van der Waals surface area contributed by atoms with Crippen LogP contribution in [-0.2, 0) is 6.42 Å². The van der Waals surface area contributed by atoms with Crippen molar-refractivity contribution in [3.05, 3.63) is 59.4 Å². The van der Waals surface area contributed by atoms with Gasteiger partial charge in [-0.15, -0.1) is 0 Å². The molecule has 1 aliphatic rings. The number of ether oxygens (including phenoxy) is 1. The number of fused-ring (bicyclic) bond motifs is 1. The van der Waals surface area contributed by atoms with Gasteiger partial charge in [0.15, 0.2) is 0 Å². The van der Waals surface area contributed by atoms with Gasteiger partial charge in [0.25, 0.3) is 0 Å². The van der Waals surface area contributed by atoms with Crippen LogP contribution in [0.5, 0.6) is 5.75 Å². The van der Waals surface area contributed by atoms with E-state index < -0.39 is 0 Å². The lowest BCUT2D eigenvalue weighted by atomic mass is 9.89. The maximum Gasteiger partial charge on any atom is 0.148 e. The molecule has 1 atom stereocenters. The van der Waals surface area contributed by atoms with Crippen molar-refractivity contribution in [2.75, 3.05) is 0 Å². The van der Waals surface area contributed by atoms with Gasteiger partial charge < -0.3 is 10.5 Å². The Balaban J connectivity index is 1.92. The Morgan fingerprint density at radius 3 is 3.00 bits per heavy atom. The zero-order valence-corrected chi connectivity index (χ0v) is 11.9. The molecule has 0 fully saturated rings. The molecule has 0 amide bonds. The van der Waals surface area contributed by atoms with Gasteiger partial charge in [-0.25, -0.2) is 0 Å². The highest BCUT2D eigenvalue weighted by Crippen LogP contribution is 2.34. The molecule has 1 aromatic carbocycles. The SMILES string of the molecule is NC(=S)c1ccncc1OC1CCCc2ccccc21. The van der Waals surface area contributed by atoms with Gasteiger partial charge in [0.2, 0.25) is 0 Å². The minimum absolute atomic E-state index is 0.0530. The molecule has 0 spiro atoms. The number of nitrogens with two attached hydrogens (primary N) is 1. The Kier molecular flexibility index (Phi) is 3.65. The number of hydrogen-bond acceptors (Lipinski definition) is 3. The summed E-state index contributed by atoms with van der Waals surface area (Å²) in [6, 6.07) is 10.2. The first-order valence-electron chi connectivity index (χ1n) is 6.74. The molecule has 0 aliphatic heterocycles. The minimum atomic E-state index is 0.0530. The van der Waals surface area contributed by atoms with E-state index in [4.69, 9.17) is 22.7 Å². The summed E-state index contributed by atoms with van der Waals surface area (Å²) in [6.45, 7) is 0. The summed E-state index contributed by atoms with van der Waals surface area (Å²) < 4.78 is 6.14. The summed E-state index contributed by atoms with van der Waals surface area (Å²) in [5, 5.41) is 0. The van der Waals surface area contributed by atoms with E-state index in [-0.39, 0.29) is 6.10 Å². The van der Waals surface area contributed by atoms with E-state index in [1.807, 2.05) is 0 Å². The molecule has 0 radical (unpaired) electrons. The van der Waals surface area contributed by atoms with Crippen LogP contribution in [0, 0.1) is 0 Å². The molecule has 0 bridgehead atoms. The van der Waals surface area contributed by atoms with Gasteiger partial charge in [0.1, 0.15) is 16.8 Å². The summed E-state index contributed by atoms with van der Waals surface area (Å²) in [5.74, 6) is 0.668. The van der Waals surface area contributed by atoms with E-state index in [1.165, 1.54) is 11.1 Å². The lowest BCUT2D eigenvalue weighted by Gasteiger charge is -2.26. The third-order valence-corrected chi connectivity index (χ3v) is 3.85. The number of nitrogens with zero attached hydrogens (tertiary/aromatic N) is 1. The molecule has 2 aromatic rings. The molecule has 4 heteroatoms. The Morgan fingerprint density at radius 1 is 1.30 bits per heavy atom. The van der Waals surface area contributed by atoms with E-state index in [9.17, 15) is 0 Å². The summed E-state index contributed by atoms with van der Waals surface area (Å²) >= 11 is 5.07. The van der Waals surface area contributed by atoms with Crippen molar-refractivity contribution < 1.29 is 4.74 Å². The van der Waals surface area contributed by atoms with Crippen LogP contribution in [0.1, 0.15) is 35.6 Å². The third-order valence-electron chi connectivity index (χ3n) is 3.63. The predicted octanol–water partition coefficient (Wildman–Crippen LogP) is 3.17. The molecule has 1 aliphatic carbocycles. The maximum absolute atomic E-state index is 6.14. The van der Waals surface area contributed by atoms with Crippen LogP contribution in [0.4, 0.5) is 0 Å². The number of aromatic nitrogens is 1. The van der Waals surface area contributed by atoms with Gasteiger partial charge in [-0.05, 0) is 36.5 Å². The van der Waals surface area contributed by atoms with Crippen LogP contribution in [-0.4, -0.2) is 9.97 Å². The second-order valence-electron chi connectivity index (χ2n) is 4.93. The number of benzene rings is 1. The summed E-state index contributed by atoms with van der Waals surface area (Å²) in [7, 11) is 0. The van der Waals surface area contributed by atoms with Gasteiger partial charge in [-0.2, -0.15) is 0 Å². The number of thiocarbonyl (C=S) groups is 1. The van der Waals surface area contributed by atoms with Gasteiger partial charge >= 0.3 is 0 Å². The molecule has 0 saturated carbocycles. The fourth-order valence-corrected chi connectivity index (χ4v) is 2.83. The Bertz CT molecular complexity index is 642. The first kappa shape index (κ1) is 13.1. The Morgan fingerprint density at radius 2 is 2.15 bits per heavy atom. The molecule has 20 heavy (non-hydrogen) atoms. The fourth-order valence-electron chi connectivity index (χ4n) is 2.66. The molecule has 1 aromatic heterocycles. The van der Waals surface area contributed by atoms with Crippen molar-refractivity contribution in [1.82, 2.24) is 4.98 Å². The molecule has 3 rings (SSSR count). The van der Waals surface area contributed by atoms with E-state index in [1.54, 1.807) is 18.5 Å². The number of aryl methyl sites for hydroxylation is 1. The zero-order valence-electron chi connectivity index (χ0n) is 11.1. The van der Waals surface area contributed by atoms with Crippen molar-refractivity contribution in [3.8, 4) is 5.75 Å². The van der Waals surface area contributed by atoms with E-state index in [0.717, 1.165) is 24.8 Å². The molecule has 1 unspecified atom stereocenters. The second kappa shape index (κ2) is 5.59. The van der Waals surface area contributed by atoms with Crippen molar-refractivity contribution in [2.24, 2.45) is 5.73 Å². The quantitative estimate of drug-likeness (QED) is 0.879. The maximum atomic E-state index is 6.14. The summed E-state index contributed by atoms with van der Waals surface area (Å²) in [6.07, 6.45) is 6.66. The summed E-state index contributed by atoms with van der Waals surface area (Å²) in [4.78, 5) is 4.45. The molecular formula is C16H16N2OS. The molecule has 2 N–H and O–H groups in total. The van der Waals surface area contributed by atoms with Crippen LogP contribution in [0.2, 0.25) is 0 Å². The highest BCUT2D eigenvalue weighted by Gasteiger charge is 2.22. The predicted molar refractivity (Wildman–Crippen MR) is 82.9 cm³/mol. The van der Waals surface area contributed by atoms with Crippen LogP contribution in [0.25, 0.3) is 0 Å². The zero-order chi connectivity index (χ0) is 13.9. The van der Waals surface area contributed by atoms with Crippen molar-refractivity contribution in [3.63, 3.8) is 0 Å². The van der Waals surface area contributed by atoms with Crippen LogP contribution < -0.4 is 10.5 Å². The molecule has 0 saturated heterocycles. The highest BCUT2D eigenvalue weighted by atomic mass is 32.1. The van der Waals surface area contributed by atoms with Crippen LogP contribution >= 0.6 is 12.2 Å². The normalized spacial score (nSPS) is 17.3. The minimum Gasteiger partial charge on any atom is -0.483 e. The summed E-state index contributed by atoms with van der Waals surface area (Å²) in [5.41, 5.74) is 9.11. The van der Waals surface area contributed by atoms with Gasteiger partial charge in [-0.1, -0.05) is 36.5 Å². The Labute approximate surface area is 123 Å². The largest absolute Gasteiger partial charge is 0.483 e. The van der Waals surface area contributed by atoms with Gasteiger partial charge in [0.05, 0.1) is 11.8 Å². The van der Waals surface area contributed by atoms with Crippen molar-refractivity contribution in [2.45, 2.75) is 25.4 Å². The smallest absolute Gasteiger partial charge is 0.148 e.